The maximum Gasteiger partial charge on any atom is 0.221 e. The van der Waals surface area contributed by atoms with Gasteiger partial charge in [-0.25, -0.2) is 0 Å². The van der Waals surface area contributed by atoms with Crippen LogP contribution in [-0.2, 0) is 4.79 Å². The molecule has 0 fully saturated rings. The van der Waals surface area contributed by atoms with Crippen molar-refractivity contribution < 1.29 is 4.79 Å². The Hall–Kier alpha value is -1.25. The third-order valence-electron chi connectivity index (χ3n) is 1.56. The summed E-state index contributed by atoms with van der Waals surface area (Å²) in [5, 5.41) is 2.71. The molecule has 0 atom stereocenters. The molecule has 0 heterocycles. The number of carbonyl (C=O) groups excluding carboxylic acids is 1. The second kappa shape index (κ2) is 3.43. The van der Waals surface area contributed by atoms with Gasteiger partial charge >= 0.3 is 0 Å². The molecule has 0 unspecified atom stereocenters. The average molecular weight is 159 g/mol. The summed E-state index contributed by atoms with van der Waals surface area (Å²) in [5.41, 5.74) is 2.50. The van der Waals surface area contributed by atoms with E-state index in [1.54, 1.807) is 12.1 Å². The van der Waals surface area contributed by atoms with Crippen molar-refractivity contribution in [3.8, 4) is 0 Å². The van der Waals surface area contributed by atoms with Crippen molar-refractivity contribution in [2.75, 3.05) is 5.32 Å². The predicted molar refractivity (Wildman–Crippen MR) is 50.9 cm³/mol. The Kier molecular flexibility index (Phi) is 2.53. The van der Waals surface area contributed by atoms with Crippen LogP contribution < -0.4 is 10.8 Å². The van der Waals surface area contributed by atoms with Crippen LogP contribution in [0.15, 0.2) is 18.2 Å². The first-order valence-electron chi connectivity index (χ1n) is 3.73. The number of hydrogen-bond donors (Lipinski definition) is 1. The van der Waals surface area contributed by atoms with Crippen molar-refractivity contribution in [2.45, 2.75) is 13.8 Å². The summed E-state index contributed by atoms with van der Waals surface area (Å²) in [6.07, 6.45) is 0. The zero-order valence-corrected chi connectivity index (χ0v) is 7.22. The van der Waals surface area contributed by atoms with Crippen LogP contribution in [0.3, 0.4) is 0 Å². The van der Waals surface area contributed by atoms with Crippen molar-refractivity contribution in [1.29, 1.82) is 0 Å². The molecule has 1 amide bonds. The number of nitrogens with one attached hydrogen (secondary N) is 1. The highest BCUT2D eigenvalue weighted by molar-refractivity contribution is 6.32. The fraction of sp³-hybridized carbons (Fsp3) is 0.222. The highest BCUT2D eigenvalue weighted by atomic mass is 16.1. The van der Waals surface area contributed by atoms with Gasteiger partial charge < -0.3 is 5.32 Å². The van der Waals surface area contributed by atoms with Gasteiger partial charge in [-0.1, -0.05) is 17.6 Å². The van der Waals surface area contributed by atoms with Crippen molar-refractivity contribution in [1.82, 2.24) is 0 Å². The smallest absolute Gasteiger partial charge is 0.221 e. The lowest BCUT2D eigenvalue weighted by Crippen LogP contribution is -2.10. The van der Waals surface area contributed by atoms with Gasteiger partial charge in [0.25, 0.3) is 0 Å². The second-order valence-corrected chi connectivity index (χ2v) is 2.76. The molecule has 0 saturated carbocycles. The standard InChI is InChI=1S/C9H10BNO/c1-6-5-8(10)3-4-9(6)11-7(2)12/h3-5H,1-2H3,(H,11,12). The van der Waals surface area contributed by atoms with Crippen LogP contribution in [0.5, 0.6) is 0 Å². The van der Waals surface area contributed by atoms with E-state index < -0.39 is 0 Å². The minimum Gasteiger partial charge on any atom is -0.326 e. The number of rotatable bonds is 1. The van der Waals surface area contributed by atoms with E-state index in [4.69, 9.17) is 7.85 Å². The Morgan fingerprint density at radius 2 is 2.17 bits per heavy atom. The fourth-order valence-corrected chi connectivity index (χ4v) is 1.02. The Morgan fingerprint density at radius 1 is 1.50 bits per heavy atom. The van der Waals surface area contributed by atoms with E-state index in [1.165, 1.54) is 6.92 Å². The Labute approximate surface area is 73.4 Å². The van der Waals surface area contributed by atoms with Crippen LogP contribution in [-0.4, -0.2) is 13.8 Å². The maximum absolute atomic E-state index is 10.7. The van der Waals surface area contributed by atoms with Gasteiger partial charge in [0.05, 0.1) is 0 Å². The van der Waals surface area contributed by atoms with Crippen LogP contribution in [0.4, 0.5) is 5.69 Å². The molecule has 1 aromatic rings. The van der Waals surface area contributed by atoms with E-state index >= 15 is 0 Å². The SMILES string of the molecule is [B]c1ccc(NC(C)=O)c(C)c1. The van der Waals surface area contributed by atoms with Crippen LogP contribution in [0.2, 0.25) is 0 Å². The molecular weight excluding hydrogens is 149 g/mol. The molecular formula is C9H10BNO. The minimum absolute atomic E-state index is 0.0668. The molecule has 3 heteroatoms. The summed E-state index contributed by atoms with van der Waals surface area (Å²) >= 11 is 0. The molecule has 0 aliphatic rings. The van der Waals surface area contributed by atoms with E-state index in [2.05, 4.69) is 5.32 Å². The van der Waals surface area contributed by atoms with Crippen LogP contribution >= 0.6 is 0 Å². The Bertz CT molecular complexity index is 309. The van der Waals surface area contributed by atoms with Crippen molar-refractivity contribution in [3.63, 3.8) is 0 Å². The highest BCUT2D eigenvalue weighted by Crippen LogP contribution is 2.11. The first kappa shape index (κ1) is 8.85. The van der Waals surface area contributed by atoms with E-state index in [0.29, 0.717) is 5.46 Å². The normalized spacial score (nSPS) is 9.50. The summed E-state index contributed by atoms with van der Waals surface area (Å²) in [6.45, 7) is 3.39. The quantitative estimate of drug-likeness (QED) is 0.601. The van der Waals surface area contributed by atoms with Crippen molar-refractivity contribution >= 4 is 24.9 Å². The molecule has 0 aliphatic carbocycles. The monoisotopic (exact) mass is 159 g/mol. The largest absolute Gasteiger partial charge is 0.326 e. The van der Waals surface area contributed by atoms with Gasteiger partial charge in [-0.05, 0) is 18.6 Å². The van der Waals surface area contributed by atoms with Crippen LogP contribution in [0, 0.1) is 6.92 Å². The molecule has 2 nitrogen and oxygen atoms in total. The highest BCUT2D eigenvalue weighted by Gasteiger charge is 1.98. The number of amides is 1. The molecule has 0 aromatic heterocycles. The topological polar surface area (TPSA) is 29.1 Å². The Morgan fingerprint density at radius 3 is 2.67 bits per heavy atom. The summed E-state index contributed by atoms with van der Waals surface area (Å²) in [6, 6.07) is 5.38. The van der Waals surface area contributed by atoms with Crippen molar-refractivity contribution in [2.24, 2.45) is 0 Å². The predicted octanol–water partition coefficient (Wildman–Crippen LogP) is 0.747. The maximum atomic E-state index is 10.7. The van der Waals surface area contributed by atoms with Gasteiger partial charge in [0.15, 0.2) is 0 Å². The Balaban J connectivity index is 2.93. The third kappa shape index (κ3) is 2.12. The fourth-order valence-electron chi connectivity index (χ4n) is 1.02. The molecule has 1 aromatic carbocycles. The van der Waals surface area contributed by atoms with Gasteiger partial charge in [-0.2, -0.15) is 0 Å². The third-order valence-corrected chi connectivity index (χ3v) is 1.56. The van der Waals surface area contributed by atoms with E-state index in [-0.39, 0.29) is 5.91 Å². The molecule has 1 rings (SSSR count). The molecule has 2 radical (unpaired) electrons. The van der Waals surface area contributed by atoms with Crippen LogP contribution in [0.1, 0.15) is 12.5 Å². The number of aryl methyl sites for hydroxylation is 1. The van der Waals surface area contributed by atoms with Gasteiger partial charge in [0.1, 0.15) is 7.85 Å². The summed E-state index contributed by atoms with van der Waals surface area (Å²) in [5.74, 6) is -0.0668. The molecule has 12 heavy (non-hydrogen) atoms. The van der Waals surface area contributed by atoms with E-state index in [9.17, 15) is 4.79 Å². The van der Waals surface area contributed by atoms with Crippen molar-refractivity contribution in [3.05, 3.63) is 23.8 Å². The van der Waals surface area contributed by atoms with E-state index in [0.717, 1.165) is 11.3 Å². The lowest BCUT2D eigenvalue weighted by atomic mass is 9.94. The molecule has 0 saturated heterocycles. The first-order chi connectivity index (χ1) is 5.59. The summed E-state index contributed by atoms with van der Waals surface area (Å²) in [7, 11) is 5.55. The van der Waals surface area contributed by atoms with Gasteiger partial charge in [-0.3, -0.25) is 4.79 Å². The molecule has 0 aliphatic heterocycles. The molecule has 1 N–H and O–H groups in total. The van der Waals surface area contributed by atoms with Crippen LogP contribution in [0.25, 0.3) is 0 Å². The number of anilines is 1. The second-order valence-electron chi connectivity index (χ2n) is 2.76. The lowest BCUT2D eigenvalue weighted by Gasteiger charge is -2.06. The molecule has 0 spiro atoms. The molecule has 0 bridgehead atoms. The molecule has 60 valence electrons. The zero-order valence-electron chi connectivity index (χ0n) is 7.22. The van der Waals surface area contributed by atoms with E-state index in [1.807, 2.05) is 13.0 Å². The summed E-state index contributed by atoms with van der Waals surface area (Å²) in [4.78, 5) is 10.7. The zero-order chi connectivity index (χ0) is 9.14. The van der Waals surface area contributed by atoms with Gasteiger partial charge in [0, 0.05) is 12.6 Å². The average Bonchev–Trinajstić information content (AvgIpc) is 1.94. The van der Waals surface area contributed by atoms with Gasteiger partial charge in [-0.15, -0.1) is 0 Å². The first-order valence-corrected chi connectivity index (χ1v) is 3.73. The lowest BCUT2D eigenvalue weighted by molar-refractivity contribution is -0.114. The summed E-state index contributed by atoms with van der Waals surface area (Å²) < 4.78 is 0. The number of hydrogen-bond acceptors (Lipinski definition) is 1. The van der Waals surface area contributed by atoms with Gasteiger partial charge in [0.2, 0.25) is 5.91 Å². The minimum atomic E-state index is -0.0668. The number of benzene rings is 1. The number of carbonyl (C=O) groups is 1.